The summed E-state index contributed by atoms with van der Waals surface area (Å²) < 4.78 is 33.9. The molecule has 0 aliphatic carbocycles. The van der Waals surface area contributed by atoms with Crippen LogP contribution in [0.15, 0.2) is 71.8 Å². The summed E-state index contributed by atoms with van der Waals surface area (Å²) in [7, 11) is -3.93. The van der Waals surface area contributed by atoms with Crippen molar-refractivity contribution in [3.8, 4) is 0 Å². The first-order valence-corrected chi connectivity index (χ1v) is 15.0. The second kappa shape index (κ2) is 13.0. The van der Waals surface area contributed by atoms with Crippen LogP contribution in [0.25, 0.3) is 0 Å². The number of hydrogen-bond acceptors (Lipinski definition) is 6. The Morgan fingerprint density at radius 1 is 1.08 bits per heavy atom. The van der Waals surface area contributed by atoms with Gasteiger partial charge in [0, 0.05) is 34.5 Å². The van der Waals surface area contributed by atoms with Gasteiger partial charge in [-0.1, -0.05) is 51.3 Å². The van der Waals surface area contributed by atoms with Gasteiger partial charge >= 0.3 is 6.09 Å². The van der Waals surface area contributed by atoms with Crippen LogP contribution in [0.1, 0.15) is 26.3 Å². The fourth-order valence-corrected chi connectivity index (χ4v) is 6.03. The average Bonchev–Trinajstić information content (AvgIpc) is 2.84. The Labute approximate surface area is 241 Å². The van der Waals surface area contributed by atoms with E-state index in [-0.39, 0.29) is 17.3 Å². The largest absolute Gasteiger partial charge is 0.443 e. The number of halogens is 3. The van der Waals surface area contributed by atoms with E-state index < -0.39 is 27.9 Å². The first-order chi connectivity index (χ1) is 17.9. The van der Waals surface area contributed by atoms with E-state index in [4.69, 9.17) is 27.9 Å². The maximum Gasteiger partial charge on any atom is 0.409 e. The lowest BCUT2D eigenvalue weighted by Crippen LogP contribution is -2.43. The van der Waals surface area contributed by atoms with Gasteiger partial charge in [0.2, 0.25) is 0 Å². The Kier molecular flexibility index (Phi) is 10.3. The summed E-state index contributed by atoms with van der Waals surface area (Å²) in [6.07, 6.45) is 0.764. The molecule has 1 amide bonds. The molecule has 3 rings (SSSR count). The van der Waals surface area contributed by atoms with Gasteiger partial charge in [-0.2, -0.15) is 0 Å². The summed E-state index contributed by atoms with van der Waals surface area (Å²) in [5, 5.41) is 7.26. The van der Waals surface area contributed by atoms with Crippen molar-refractivity contribution in [1.29, 1.82) is 0 Å². The van der Waals surface area contributed by atoms with Crippen LogP contribution in [0.5, 0.6) is 0 Å². The molecule has 2 aromatic carbocycles. The van der Waals surface area contributed by atoms with Crippen molar-refractivity contribution in [1.82, 2.24) is 10.3 Å². The first-order valence-electron chi connectivity index (χ1n) is 11.7. The van der Waals surface area contributed by atoms with Gasteiger partial charge in [0.1, 0.15) is 11.8 Å². The molecule has 1 atom stereocenters. The lowest BCUT2D eigenvalue weighted by atomic mass is 9.98. The van der Waals surface area contributed by atoms with E-state index in [2.05, 4.69) is 31.5 Å². The van der Waals surface area contributed by atoms with E-state index in [0.717, 1.165) is 5.56 Å². The zero-order chi connectivity index (χ0) is 27.9. The van der Waals surface area contributed by atoms with Gasteiger partial charge in [0.15, 0.2) is 5.82 Å². The van der Waals surface area contributed by atoms with Crippen molar-refractivity contribution >= 4 is 66.8 Å². The van der Waals surface area contributed by atoms with Crippen molar-refractivity contribution in [2.24, 2.45) is 0 Å². The van der Waals surface area contributed by atoms with Crippen LogP contribution in [0.2, 0.25) is 10.0 Å². The van der Waals surface area contributed by atoms with Crippen LogP contribution < -0.4 is 14.9 Å². The quantitative estimate of drug-likeness (QED) is 0.183. The van der Waals surface area contributed by atoms with E-state index >= 15 is 0 Å². The third-order valence-corrected chi connectivity index (χ3v) is 8.03. The molecule has 1 unspecified atom stereocenters. The number of ether oxygens (including phenoxy) is 1. The van der Waals surface area contributed by atoms with E-state index in [9.17, 15) is 13.2 Å². The van der Waals surface area contributed by atoms with Crippen molar-refractivity contribution < 1.29 is 17.9 Å². The van der Waals surface area contributed by atoms with Gasteiger partial charge < -0.3 is 15.4 Å². The number of carbonyl (C=O) groups excluding carboxylic acids is 1. The minimum atomic E-state index is -3.93. The van der Waals surface area contributed by atoms with Crippen molar-refractivity contribution in [3.05, 3.63) is 82.5 Å². The summed E-state index contributed by atoms with van der Waals surface area (Å²) >= 11 is 15.2. The molecule has 2 N–H and O–H groups in total. The molecule has 1 aromatic heterocycles. The number of carbonyl (C=O) groups is 1. The highest BCUT2D eigenvalue weighted by Crippen LogP contribution is 2.30. The minimum absolute atomic E-state index is 0.0929. The molecule has 38 heavy (non-hydrogen) atoms. The number of alkyl halides is 1. The average molecular weight is 644 g/mol. The maximum absolute atomic E-state index is 13.5. The zero-order valence-electron chi connectivity index (χ0n) is 21.1. The lowest BCUT2D eigenvalue weighted by molar-refractivity contribution is 0.0381. The molecule has 1 heterocycles. The third-order valence-electron chi connectivity index (χ3n) is 5.34. The van der Waals surface area contributed by atoms with E-state index in [1.165, 1.54) is 34.8 Å². The second-order valence-corrected chi connectivity index (χ2v) is 12.6. The molecule has 0 saturated carbocycles. The van der Waals surface area contributed by atoms with Crippen LogP contribution >= 0.6 is 39.1 Å². The van der Waals surface area contributed by atoms with Gasteiger partial charge in [0.25, 0.3) is 10.0 Å². The van der Waals surface area contributed by atoms with E-state index in [1.807, 2.05) is 26.0 Å². The smallest absolute Gasteiger partial charge is 0.409 e. The minimum Gasteiger partial charge on any atom is -0.443 e. The molecule has 12 heteroatoms. The number of alkyl carbamates (subject to hydrolysis) is 1. The molecule has 0 radical (unpaired) electrons. The molecular weight excluding hydrogens is 615 g/mol. The zero-order valence-corrected chi connectivity index (χ0v) is 25.0. The number of benzene rings is 2. The SMILES string of the molecule is CC(NC(=O)OC(C)(C)Cc1ccc(Cl)cc1)Nc1ncccc1N(CCBr)S(=O)(=O)c1ccc(Cl)cc1. The Balaban J connectivity index is 1.73. The highest BCUT2D eigenvalue weighted by Gasteiger charge is 2.28. The summed E-state index contributed by atoms with van der Waals surface area (Å²) in [6.45, 7) is 5.48. The highest BCUT2D eigenvalue weighted by molar-refractivity contribution is 9.09. The number of nitrogens with zero attached hydrogens (tertiary/aromatic N) is 2. The van der Waals surface area contributed by atoms with E-state index in [1.54, 1.807) is 31.2 Å². The molecule has 8 nitrogen and oxygen atoms in total. The number of aromatic nitrogens is 1. The number of nitrogens with one attached hydrogen (secondary N) is 2. The Morgan fingerprint density at radius 2 is 1.68 bits per heavy atom. The fourth-order valence-electron chi connectivity index (χ4n) is 3.72. The molecule has 3 aromatic rings. The lowest BCUT2D eigenvalue weighted by Gasteiger charge is -2.28. The summed E-state index contributed by atoms with van der Waals surface area (Å²) in [6, 6.07) is 16.6. The molecule has 0 spiro atoms. The predicted molar refractivity (Wildman–Crippen MR) is 156 cm³/mol. The normalized spacial score (nSPS) is 12.5. The summed E-state index contributed by atoms with van der Waals surface area (Å²) in [5.41, 5.74) is 0.518. The summed E-state index contributed by atoms with van der Waals surface area (Å²) in [4.78, 5) is 17.1. The molecule has 0 saturated heterocycles. The Morgan fingerprint density at radius 3 is 2.29 bits per heavy atom. The number of sulfonamides is 1. The van der Waals surface area contributed by atoms with Gasteiger partial charge in [-0.05, 0) is 74.9 Å². The van der Waals surface area contributed by atoms with Crippen molar-refractivity contribution in [2.75, 3.05) is 21.5 Å². The molecule has 204 valence electrons. The molecule has 0 aliphatic rings. The van der Waals surface area contributed by atoms with Gasteiger partial charge in [-0.3, -0.25) is 4.31 Å². The number of amides is 1. The van der Waals surface area contributed by atoms with Crippen LogP contribution in [-0.4, -0.2) is 43.1 Å². The van der Waals surface area contributed by atoms with Gasteiger partial charge in [-0.15, -0.1) is 0 Å². The third kappa shape index (κ3) is 8.23. The number of anilines is 2. The van der Waals surface area contributed by atoms with Gasteiger partial charge in [-0.25, -0.2) is 18.2 Å². The van der Waals surface area contributed by atoms with E-state index in [0.29, 0.717) is 27.5 Å². The van der Waals surface area contributed by atoms with Crippen LogP contribution in [0, 0.1) is 0 Å². The number of pyridine rings is 1. The second-order valence-electron chi connectivity index (χ2n) is 9.05. The molecule has 0 fully saturated rings. The van der Waals surface area contributed by atoms with Crippen molar-refractivity contribution in [3.63, 3.8) is 0 Å². The predicted octanol–water partition coefficient (Wildman–Crippen LogP) is 6.48. The standard InChI is InChI=1S/C26H29BrCl2N4O4S/c1-18(32-25(34)37-26(2,3)17-19-6-8-20(28)9-7-19)31-24-23(5-4-15-30-24)33(16-14-27)38(35,36)22-12-10-21(29)11-13-22/h4-13,15,18H,14,16-17H2,1-3H3,(H,30,31)(H,32,34). The fraction of sp³-hybridized carbons (Fsp3) is 0.308. The molecular formula is C26H29BrCl2N4O4S. The summed E-state index contributed by atoms with van der Waals surface area (Å²) in [5.74, 6) is 0.277. The van der Waals surface area contributed by atoms with Crippen LogP contribution in [0.4, 0.5) is 16.3 Å². The number of hydrogen-bond donors (Lipinski definition) is 2. The highest BCUT2D eigenvalue weighted by atomic mass is 79.9. The van der Waals surface area contributed by atoms with Crippen LogP contribution in [0.3, 0.4) is 0 Å². The van der Waals surface area contributed by atoms with Crippen LogP contribution in [-0.2, 0) is 21.2 Å². The maximum atomic E-state index is 13.5. The van der Waals surface area contributed by atoms with Crippen molar-refractivity contribution in [2.45, 2.75) is 43.9 Å². The Bertz CT molecular complexity index is 1340. The van der Waals surface area contributed by atoms with Gasteiger partial charge in [0.05, 0.1) is 10.6 Å². The molecule has 0 aliphatic heterocycles. The monoisotopic (exact) mass is 642 g/mol. The topological polar surface area (TPSA) is 101 Å². The molecule has 0 bridgehead atoms. The number of rotatable bonds is 11. The Hall–Kier alpha value is -2.53. The first kappa shape index (κ1) is 30.0.